The number of hydrogen-bond donors (Lipinski definition) is 2. The number of carbonyl (C=O) groups is 1. The zero-order chi connectivity index (χ0) is 19.4. The molecule has 2 aromatic carbocycles. The first-order chi connectivity index (χ1) is 13.0. The molecule has 1 heterocycles. The second kappa shape index (κ2) is 8.09. The minimum Gasteiger partial charge on any atom is -0.497 e. The lowest BCUT2D eigenvalue weighted by Crippen LogP contribution is -2.15. The van der Waals surface area contributed by atoms with Crippen LogP contribution in [0.1, 0.15) is 16.1 Å². The van der Waals surface area contributed by atoms with E-state index in [2.05, 4.69) is 31.6 Å². The van der Waals surface area contributed by atoms with Crippen molar-refractivity contribution in [3.05, 3.63) is 58.2 Å². The minimum atomic E-state index is -0.451. The number of amides is 1. The lowest BCUT2D eigenvalue weighted by Gasteiger charge is -2.10. The molecular formula is C18H18BrN5O3. The normalized spacial score (nSPS) is 10.5. The highest BCUT2D eigenvalue weighted by atomic mass is 79.9. The van der Waals surface area contributed by atoms with E-state index in [-0.39, 0.29) is 11.5 Å². The van der Waals surface area contributed by atoms with E-state index >= 15 is 0 Å². The Bertz CT molecular complexity index is 973. The number of nitrogens with one attached hydrogen (secondary N) is 1. The second-order valence-corrected chi connectivity index (χ2v) is 6.54. The molecule has 0 spiro atoms. The summed E-state index contributed by atoms with van der Waals surface area (Å²) in [4.78, 5) is 12.5. The van der Waals surface area contributed by atoms with E-state index < -0.39 is 5.91 Å². The molecule has 0 aliphatic heterocycles. The van der Waals surface area contributed by atoms with Crippen LogP contribution in [0.2, 0.25) is 0 Å². The minimum absolute atomic E-state index is 0.0479. The first kappa shape index (κ1) is 18.7. The largest absolute Gasteiger partial charge is 0.497 e. The summed E-state index contributed by atoms with van der Waals surface area (Å²) in [6.45, 7) is 0.313. The first-order valence-electron chi connectivity index (χ1n) is 7.98. The van der Waals surface area contributed by atoms with Crippen molar-refractivity contribution in [3.8, 4) is 11.5 Å². The Morgan fingerprint density at radius 1 is 1.22 bits per heavy atom. The van der Waals surface area contributed by atoms with Crippen molar-refractivity contribution in [3.63, 3.8) is 0 Å². The third-order valence-corrected chi connectivity index (χ3v) is 4.37. The molecule has 8 nitrogen and oxygen atoms in total. The number of methoxy groups -OCH3 is 2. The van der Waals surface area contributed by atoms with Gasteiger partial charge in [-0.25, -0.2) is 4.68 Å². The quantitative estimate of drug-likeness (QED) is 0.621. The molecule has 0 fully saturated rings. The number of benzene rings is 2. The molecule has 0 aliphatic carbocycles. The number of anilines is 2. The molecule has 0 radical (unpaired) electrons. The zero-order valence-corrected chi connectivity index (χ0v) is 16.4. The van der Waals surface area contributed by atoms with Gasteiger partial charge < -0.3 is 20.5 Å². The van der Waals surface area contributed by atoms with Gasteiger partial charge in [0.25, 0.3) is 5.91 Å². The molecule has 0 bridgehead atoms. The third-order valence-electron chi connectivity index (χ3n) is 3.88. The summed E-state index contributed by atoms with van der Waals surface area (Å²) in [5.41, 5.74) is 7.56. The van der Waals surface area contributed by atoms with Gasteiger partial charge in [-0.1, -0.05) is 27.2 Å². The van der Waals surface area contributed by atoms with Crippen LogP contribution in [-0.2, 0) is 6.54 Å². The Kier molecular flexibility index (Phi) is 5.60. The fourth-order valence-electron chi connectivity index (χ4n) is 2.52. The van der Waals surface area contributed by atoms with E-state index in [0.717, 1.165) is 10.0 Å². The van der Waals surface area contributed by atoms with Gasteiger partial charge in [-0.15, -0.1) is 5.10 Å². The van der Waals surface area contributed by atoms with Crippen LogP contribution in [0.25, 0.3) is 0 Å². The highest BCUT2D eigenvalue weighted by Crippen LogP contribution is 2.25. The number of rotatable bonds is 6. The SMILES string of the molecule is COc1cccc(NC(=O)c2nnn(Cc3cc(Br)ccc3OC)c2N)c1. The van der Waals surface area contributed by atoms with Gasteiger partial charge in [-0.05, 0) is 30.3 Å². The molecule has 1 amide bonds. The van der Waals surface area contributed by atoms with Crippen molar-refractivity contribution in [2.24, 2.45) is 0 Å². The Labute approximate surface area is 164 Å². The third kappa shape index (κ3) is 4.20. The highest BCUT2D eigenvalue weighted by molar-refractivity contribution is 9.10. The fourth-order valence-corrected chi connectivity index (χ4v) is 2.93. The van der Waals surface area contributed by atoms with Crippen molar-refractivity contribution in [2.45, 2.75) is 6.54 Å². The Morgan fingerprint density at radius 2 is 2.04 bits per heavy atom. The topological polar surface area (TPSA) is 104 Å². The summed E-state index contributed by atoms with van der Waals surface area (Å²) in [7, 11) is 3.14. The lowest BCUT2D eigenvalue weighted by molar-refractivity contribution is 0.102. The van der Waals surface area contributed by atoms with Gasteiger partial charge in [0.2, 0.25) is 0 Å². The van der Waals surface area contributed by atoms with Crippen molar-refractivity contribution in [2.75, 3.05) is 25.3 Å². The molecule has 1 aromatic heterocycles. The standard InChI is InChI=1S/C18H18BrN5O3/c1-26-14-5-3-4-13(9-14)21-18(25)16-17(20)24(23-22-16)10-11-8-12(19)6-7-15(11)27-2/h3-9H,10,20H2,1-2H3,(H,21,25). The van der Waals surface area contributed by atoms with Crippen LogP contribution >= 0.6 is 15.9 Å². The molecule has 0 unspecified atom stereocenters. The van der Waals surface area contributed by atoms with Crippen LogP contribution in [0, 0.1) is 0 Å². The number of ether oxygens (including phenoxy) is 2. The molecule has 0 aliphatic rings. The first-order valence-corrected chi connectivity index (χ1v) is 8.78. The number of aromatic nitrogens is 3. The maximum Gasteiger partial charge on any atom is 0.280 e. The predicted octanol–water partition coefficient (Wildman–Crippen LogP) is 2.94. The van der Waals surface area contributed by atoms with E-state index in [0.29, 0.717) is 23.7 Å². The van der Waals surface area contributed by atoms with Crippen molar-refractivity contribution < 1.29 is 14.3 Å². The smallest absolute Gasteiger partial charge is 0.280 e. The van der Waals surface area contributed by atoms with E-state index in [1.54, 1.807) is 38.5 Å². The Morgan fingerprint density at radius 3 is 2.78 bits per heavy atom. The monoisotopic (exact) mass is 431 g/mol. The van der Waals surface area contributed by atoms with Gasteiger partial charge in [0.15, 0.2) is 11.5 Å². The number of nitrogens with two attached hydrogens (primary N) is 1. The van der Waals surface area contributed by atoms with Crippen LogP contribution < -0.4 is 20.5 Å². The summed E-state index contributed by atoms with van der Waals surface area (Å²) < 4.78 is 12.8. The van der Waals surface area contributed by atoms with E-state index in [1.807, 2.05) is 18.2 Å². The average molecular weight is 432 g/mol. The number of halogens is 1. The van der Waals surface area contributed by atoms with Crippen LogP contribution in [-0.4, -0.2) is 35.1 Å². The molecule has 9 heteroatoms. The fraction of sp³-hybridized carbons (Fsp3) is 0.167. The van der Waals surface area contributed by atoms with E-state index in [4.69, 9.17) is 15.2 Å². The van der Waals surface area contributed by atoms with Crippen molar-refractivity contribution in [1.29, 1.82) is 0 Å². The zero-order valence-electron chi connectivity index (χ0n) is 14.8. The number of carbonyl (C=O) groups excluding carboxylic acids is 1. The molecule has 27 heavy (non-hydrogen) atoms. The van der Waals surface area contributed by atoms with Gasteiger partial charge in [0.1, 0.15) is 11.5 Å². The Hall–Kier alpha value is -3.07. The van der Waals surface area contributed by atoms with E-state index in [9.17, 15) is 4.79 Å². The van der Waals surface area contributed by atoms with Crippen LogP contribution in [0.3, 0.4) is 0 Å². The predicted molar refractivity (Wildman–Crippen MR) is 105 cm³/mol. The van der Waals surface area contributed by atoms with Crippen LogP contribution in [0.4, 0.5) is 11.5 Å². The summed E-state index contributed by atoms with van der Waals surface area (Å²) in [5, 5.41) is 10.7. The highest BCUT2D eigenvalue weighted by Gasteiger charge is 2.19. The van der Waals surface area contributed by atoms with E-state index in [1.165, 1.54) is 4.68 Å². The lowest BCUT2D eigenvalue weighted by atomic mass is 10.2. The maximum absolute atomic E-state index is 12.5. The van der Waals surface area contributed by atoms with Crippen molar-refractivity contribution >= 4 is 33.3 Å². The van der Waals surface area contributed by atoms with Gasteiger partial charge >= 0.3 is 0 Å². The molecule has 3 N–H and O–H groups in total. The molecule has 3 rings (SSSR count). The molecule has 0 atom stereocenters. The number of nitrogen functional groups attached to an aromatic ring is 1. The summed E-state index contributed by atoms with van der Waals surface area (Å²) in [6, 6.07) is 12.6. The van der Waals surface area contributed by atoms with Gasteiger partial charge in [0.05, 0.1) is 20.8 Å². The summed E-state index contributed by atoms with van der Waals surface area (Å²) in [5.74, 6) is 1.03. The molecular weight excluding hydrogens is 414 g/mol. The van der Waals surface area contributed by atoms with Gasteiger partial charge in [-0.3, -0.25) is 4.79 Å². The number of nitrogens with zero attached hydrogens (tertiary/aromatic N) is 3. The Balaban J connectivity index is 1.80. The average Bonchev–Trinajstić information content (AvgIpc) is 3.02. The van der Waals surface area contributed by atoms with Gasteiger partial charge in [0, 0.05) is 21.8 Å². The van der Waals surface area contributed by atoms with Gasteiger partial charge in [-0.2, -0.15) is 0 Å². The summed E-state index contributed by atoms with van der Waals surface area (Å²) in [6.07, 6.45) is 0. The maximum atomic E-state index is 12.5. The van der Waals surface area contributed by atoms with Crippen molar-refractivity contribution in [1.82, 2.24) is 15.0 Å². The van der Waals surface area contributed by atoms with Crippen LogP contribution in [0.5, 0.6) is 11.5 Å². The molecule has 3 aromatic rings. The summed E-state index contributed by atoms with van der Waals surface area (Å²) >= 11 is 3.43. The molecule has 0 saturated heterocycles. The molecule has 0 saturated carbocycles. The van der Waals surface area contributed by atoms with Crippen LogP contribution in [0.15, 0.2) is 46.9 Å². The molecule has 140 valence electrons. The number of hydrogen-bond acceptors (Lipinski definition) is 6. The second-order valence-electron chi connectivity index (χ2n) is 5.62.